The van der Waals surface area contributed by atoms with Crippen LogP contribution in [0.2, 0.25) is 0 Å². The molecule has 0 aromatic heterocycles. The lowest BCUT2D eigenvalue weighted by atomic mass is 9.93. The quantitative estimate of drug-likeness (QED) is 0.687. The van der Waals surface area contributed by atoms with Gasteiger partial charge in [-0.3, -0.25) is 14.5 Å². The van der Waals surface area contributed by atoms with Crippen LogP contribution in [-0.4, -0.2) is 54.0 Å². The molecular weight excluding hydrogens is 376 g/mol. The third-order valence-corrected chi connectivity index (χ3v) is 6.16. The highest BCUT2D eigenvalue weighted by molar-refractivity contribution is 5.78. The van der Waals surface area contributed by atoms with E-state index in [1.54, 1.807) is 0 Å². The van der Waals surface area contributed by atoms with Gasteiger partial charge in [-0.2, -0.15) is 0 Å². The standard InChI is InChI=1S/C25H30N2O3/c1-2-23(28)26-15-9-14-21(16-26)25(29)30-22-17-27(18-22)24(19-10-5-3-6-11-19)20-12-7-4-8-13-20/h3-8,10-13,21-22,24H,2,9,14-18H2,1H3/t21-/m0/s1. The molecule has 5 nitrogen and oxygen atoms in total. The highest BCUT2D eigenvalue weighted by Crippen LogP contribution is 2.33. The number of likely N-dealkylation sites (tertiary alicyclic amines) is 2. The molecule has 2 saturated heterocycles. The molecule has 0 spiro atoms. The summed E-state index contributed by atoms with van der Waals surface area (Å²) in [7, 11) is 0. The molecule has 1 atom stereocenters. The fourth-order valence-corrected chi connectivity index (χ4v) is 4.52. The normalized spacial score (nSPS) is 20.1. The van der Waals surface area contributed by atoms with Crippen molar-refractivity contribution >= 4 is 11.9 Å². The summed E-state index contributed by atoms with van der Waals surface area (Å²) in [5, 5.41) is 0. The highest BCUT2D eigenvalue weighted by Gasteiger charge is 2.38. The lowest BCUT2D eigenvalue weighted by Crippen LogP contribution is -2.55. The van der Waals surface area contributed by atoms with Crippen molar-refractivity contribution in [3.8, 4) is 0 Å². The second-order valence-corrected chi connectivity index (χ2v) is 8.27. The van der Waals surface area contributed by atoms with Gasteiger partial charge in [0.1, 0.15) is 6.10 Å². The highest BCUT2D eigenvalue weighted by atomic mass is 16.5. The van der Waals surface area contributed by atoms with Crippen LogP contribution < -0.4 is 0 Å². The number of hydrogen-bond donors (Lipinski definition) is 0. The van der Waals surface area contributed by atoms with Crippen molar-refractivity contribution in [3.63, 3.8) is 0 Å². The van der Waals surface area contributed by atoms with Gasteiger partial charge >= 0.3 is 5.97 Å². The number of ether oxygens (including phenoxy) is 1. The SMILES string of the molecule is CCC(=O)N1CCC[C@H](C(=O)OC2CN(C(c3ccccc3)c3ccccc3)C2)C1. The van der Waals surface area contributed by atoms with Crippen LogP contribution in [0.4, 0.5) is 0 Å². The number of esters is 1. The van der Waals surface area contributed by atoms with Crippen LogP contribution in [0.25, 0.3) is 0 Å². The van der Waals surface area contributed by atoms with Gasteiger partial charge in [0, 0.05) is 32.6 Å². The van der Waals surface area contributed by atoms with Gasteiger partial charge in [-0.25, -0.2) is 0 Å². The van der Waals surface area contributed by atoms with E-state index in [1.165, 1.54) is 11.1 Å². The Morgan fingerprint density at radius 1 is 0.967 bits per heavy atom. The van der Waals surface area contributed by atoms with E-state index >= 15 is 0 Å². The van der Waals surface area contributed by atoms with Crippen LogP contribution in [0.1, 0.15) is 43.4 Å². The number of piperidine rings is 1. The molecule has 2 heterocycles. The van der Waals surface area contributed by atoms with E-state index in [4.69, 9.17) is 4.74 Å². The molecule has 2 aliphatic rings. The van der Waals surface area contributed by atoms with Crippen LogP contribution in [0, 0.1) is 5.92 Å². The van der Waals surface area contributed by atoms with Crippen molar-refractivity contribution < 1.29 is 14.3 Å². The summed E-state index contributed by atoms with van der Waals surface area (Å²) in [5.41, 5.74) is 2.49. The van der Waals surface area contributed by atoms with Crippen LogP contribution in [0.5, 0.6) is 0 Å². The molecule has 0 aliphatic carbocycles. The third kappa shape index (κ3) is 4.57. The maximum atomic E-state index is 12.7. The predicted octanol–water partition coefficient (Wildman–Crippen LogP) is 3.65. The van der Waals surface area contributed by atoms with Gasteiger partial charge in [0.15, 0.2) is 0 Å². The Morgan fingerprint density at radius 2 is 1.57 bits per heavy atom. The van der Waals surface area contributed by atoms with Crippen molar-refractivity contribution in [2.24, 2.45) is 5.92 Å². The Balaban J connectivity index is 1.36. The van der Waals surface area contributed by atoms with Crippen LogP contribution in [0.15, 0.2) is 60.7 Å². The van der Waals surface area contributed by atoms with Gasteiger partial charge in [-0.15, -0.1) is 0 Å². The molecule has 1 amide bonds. The number of hydrogen-bond acceptors (Lipinski definition) is 4. The first-order chi connectivity index (χ1) is 14.7. The number of benzene rings is 2. The summed E-state index contributed by atoms with van der Waals surface area (Å²) in [5.74, 6) is -0.220. The molecule has 0 unspecified atom stereocenters. The molecule has 2 fully saturated rings. The van der Waals surface area contributed by atoms with Gasteiger partial charge < -0.3 is 9.64 Å². The second kappa shape index (κ2) is 9.43. The number of nitrogens with zero attached hydrogens (tertiary/aromatic N) is 2. The van der Waals surface area contributed by atoms with Crippen LogP contribution in [0.3, 0.4) is 0 Å². The minimum Gasteiger partial charge on any atom is -0.459 e. The van der Waals surface area contributed by atoms with Gasteiger partial charge in [0.25, 0.3) is 0 Å². The molecule has 2 aromatic rings. The molecule has 4 rings (SSSR count). The van der Waals surface area contributed by atoms with E-state index in [2.05, 4.69) is 53.4 Å². The number of amides is 1. The van der Waals surface area contributed by atoms with E-state index in [1.807, 2.05) is 24.0 Å². The molecule has 0 radical (unpaired) electrons. The van der Waals surface area contributed by atoms with Crippen LogP contribution in [-0.2, 0) is 14.3 Å². The molecule has 0 saturated carbocycles. The molecule has 2 aromatic carbocycles. The molecule has 30 heavy (non-hydrogen) atoms. The summed E-state index contributed by atoms with van der Waals surface area (Å²) in [6.45, 7) is 4.57. The zero-order valence-electron chi connectivity index (χ0n) is 17.6. The van der Waals surface area contributed by atoms with E-state index in [0.717, 1.165) is 32.5 Å². The van der Waals surface area contributed by atoms with Crippen molar-refractivity contribution in [3.05, 3.63) is 71.8 Å². The fraction of sp³-hybridized carbons (Fsp3) is 0.440. The summed E-state index contributed by atoms with van der Waals surface area (Å²) in [4.78, 5) is 28.8. The Kier molecular flexibility index (Phi) is 6.48. The first-order valence-corrected chi connectivity index (χ1v) is 11.0. The van der Waals surface area contributed by atoms with Crippen LogP contribution >= 0.6 is 0 Å². The van der Waals surface area contributed by atoms with E-state index in [0.29, 0.717) is 13.0 Å². The zero-order valence-corrected chi connectivity index (χ0v) is 17.6. The Labute approximate surface area is 178 Å². The van der Waals surface area contributed by atoms with Gasteiger partial charge in [-0.1, -0.05) is 67.6 Å². The third-order valence-electron chi connectivity index (χ3n) is 6.16. The lowest BCUT2D eigenvalue weighted by Gasteiger charge is -2.44. The average Bonchev–Trinajstić information content (AvgIpc) is 2.78. The van der Waals surface area contributed by atoms with Crippen molar-refractivity contribution in [1.82, 2.24) is 9.80 Å². The zero-order chi connectivity index (χ0) is 20.9. The van der Waals surface area contributed by atoms with Crippen molar-refractivity contribution in [1.29, 1.82) is 0 Å². The first-order valence-electron chi connectivity index (χ1n) is 11.0. The lowest BCUT2D eigenvalue weighted by molar-refractivity contribution is -0.166. The summed E-state index contributed by atoms with van der Waals surface area (Å²) in [6, 6.07) is 21.1. The molecule has 0 N–H and O–H groups in total. The molecule has 2 aliphatic heterocycles. The summed E-state index contributed by atoms with van der Waals surface area (Å²) < 4.78 is 5.82. The number of rotatable bonds is 6. The minimum absolute atomic E-state index is 0.0790. The first kappa shape index (κ1) is 20.6. The summed E-state index contributed by atoms with van der Waals surface area (Å²) in [6.07, 6.45) is 2.08. The largest absolute Gasteiger partial charge is 0.459 e. The smallest absolute Gasteiger partial charge is 0.311 e. The topological polar surface area (TPSA) is 49.9 Å². The monoisotopic (exact) mass is 406 g/mol. The van der Waals surface area contributed by atoms with E-state index in [-0.39, 0.29) is 29.9 Å². The Morgan fingerprint density at radius 3 is 2.13 bits per heavy atom. The Hall–Kier alpha value is -2.66. The molecule has 0 bridgehead atoms. The number of carbonyl (C=O) groups excluding carboxylic acids is 2. The van der Waals surface area contributed by atoms with E-state index in [9.17, 15) is 9.59 Å². The number of carbonyl (C=O) groups is 2. The summed E-state index contributed by atoms with van der Waals surface area (Å²) >= 11 is 0. The average molecular weight is 407 g/mol. The van der Waals surface area contributed by atoms with Gasteiger partial charge in [0.2, 0.25) is 5.91 Å². The maximum absolute atomic E-state index is 12.7. The Bertz CT molecular complexity index is 810. The predicted molar refractivity (Wildman–Crippen MR) is 116 cm³/mol. The van der Waals surface area contributed by atoms with Crippen molar-refractivity contribution in [2.75, 3.05) is 26.2 Å². The van der Waals surface area contributed by atoms with E-state index < -0.39 is 0 Å². The van der Waals surface area contributed by atoms with Crippen molar-refractivity contribution in [2.45, 2.75) is 38.3 Å². The van der Waals surface area contributed by atoms with Gasteiger partial charge in [-0.05, 0) is 24.0 Å². The second-order valence-electron chi connectivity index (χ2n) is 8.27. The maximum Gasteiger partial charge on any atom is 0.311 e. The van der Waals surface area contributed by atoms with Gasteiger partial charge in [0.05, 0.1) is 12.0 Å². The fourth-order valence-electron chi connectivity index (χ4n) is 4.52. The molecular formula is C25H30N2O3. The minimum atomic E-state index is -0.192. The molecule has 5 heteroatoms. The molecule has 158 valence electrons.